The third-order valence-corrected chi connectivity index (χ3v) is 4.90. The van der Waals surface area contributed by atoms with E-state index in [1.54, 1.807) is 6.07 Å². The molecule has 4 aromatic rings. The molecule has 0 atom stereocenters. The van der Waals surface area contributed by atoms with Crippen LogP contribution in [0.3, 0.4) is 0 Å². The molecule has 0 aliphatic heterocycles. The minimum atomic E-state index is -0.263. The van der Waals surface area contributed by atoms with E-state index in [-0.39, 0.29) is 18.0 Å². The SMILES string of the molecule is Cc1cccc2c(=O)n(CC(=O)Nc3ccccc3Cc3ccccc3)cnc12. The second kappa shape index (κ2) is 8.10. The number of fused-ring (bicyclic) bond motifs is 1. The summed E-state index contributed by atoms with van der Waals surface area (Å²) in [6.45, 7) is 1.82. The van der Waals surface area contributed by atoms with Crippen LogP contribution in [0, 0.1) is 6.92 Å². The van der Waals surface area contributed by atoms with Crippen molar-refractivity contribution in [1.82, 2.24) is 9.55 Å². The van der Waals surface area contributed by atoms with E-state index in [1.807, 2.05) is 61.5 Å². The Bertz CT molecular complexity index is 1230. The van der Waals surface area contributed by atoms with Gasteiger partial charge in [0.15, 0.2) is 0 Å². The largest absolute Gasteiger partial charge is 0.324 e. The molecule has 0 saturated carbocycles. The minimum Gasteiger partial charge on any atom is -0.324 e. The quantitative estimate of drug-likeness (QED) is 0.568. The van der Waals surface area contributed by atoms with Crippen molar-refractivity contribution in [2.24, 2.45) is 0 Å². The van der Waals surface area contributed by atoms with Gasteiger partial charge in [0.25, 0.3) is 5.56 Å². The van der Waals surface area contributed by atoms with Gasteiger partial charge in [-0.25, -0.2) is 4.98 Å². The first-order valence-electron chi connectivity index (χ1n) is 9.48. The Morgan fingerprint density at radius 2 is 1.72 bits per heavy atom. The Morgan fingerprint density at radius 1 is 0.966 bits per heavy atom. The van der Waals surface area contributed by atoms with Crippen LogP contribution >= 0.6 is 0 Å². The van der Waals surface area contributed by atoms with Gasteiger partial charge in [0.1, 0.15) is 6.54 Å². The maximum atomic E-state index is 12.7. The molecule has 1 aromatic heterocycles. The number of amides is 1. The van der Waals surface area contributed by atoms with Gasteiger partial charge in [-0.1, -0.05) is 60.7 Å². The van der Waals surface area contributed by atoms with Crippen LogP contribution in [0.1, 0.15) is 16.7 Å². The highest BCUT2D eigenvalue weighted by molar-refractivity contribution is 5.91. The van der Waals surface area contributed by atoms with Gasteiger partial charge in [0.2, 0.25) is 5.91 Å². The van der Waals surface area contributed by atoms with Crippen LogP contribution in [-0.4, -0.2) is 15.5 Å². The number of aryl methyl sites for hydroxylation is 1. The summed E-state index contributed by atoms with van der Waals surface area (Å²) in [6.07, 6.45) is 2.15. The zero-order valence-corrected chi connectivity index (χ0v) is 16.1. The van der Waals surface area contributed by atoms with Gasteiger partial charge in [-0.3, -0.25) is 14.2 Å². The summed E-state index contributed by atoms with van der Waals surface area (Å²) < 4.78 is 1.34. The third kappa shape index (κ3) is 4.09. The summed E-state index contributed by atoms with van der Waals surface area (Å²) in [6, 6.07) is 23.3. The minimum absolute atomic E-state index is 0.0879. The van der Waals surface area contributed by atoms with Crippen LogP contribution in [-0.2, 0) is 17.8 Å². The lowest BCUT2D eigenvalue weighted by molar-refractivity contribution is -0.116. The monoisotopic (exact) mass is 383 g/mol. The van der Waals surface area contributed by atoms with Crippen molar-refractivity contribution < 1.29 is 4.79 Å². The van der Waals surface area contributed by atoms with Crippen molar-refractivity contribution in [1.29, 1.82) is 0 Å². The smallest absolute Gasteiger partial charge is 0.261 e. The van der Waals surface area contributed by atoms with Crippen LogP contribution < -0.4 is 10.9 Å². The molecule has 0 saturated heterocycles. The Hall–Kier alpha value is -3.73. The lowest BCUT2D eigenvalue weighted by atomic mass is 10.0. The van der Waals surface area contributed by atoms with E-state index in [0.717, 1.165) is 16.8 Å². The number of aromatic nitrogens is 2. The molecule has 0 aliphatic rings. The van der Waals surface area contributed by atoms with Crippen molar-refractivity contribution in [2.75, 3.05) is 5.32 Å². The predicted molar refractivity (Wildman–Crippen MR) is 115 cm³/mol. The summed E-state index contributed by atoms with van der Waals surface area (Å²) >= 11 is 0. The molecule has 5 heteroatoms. The second-order valence-electron chi connectivity index (χ2n) is 7.02. The number of carbonyl (C=O) groups is 1. The van der Waals surface area contributed by atoms with Crippen molar-refractivity contribution in [3.63, 3.8) is 0 Å². The van der Waals surface area contributed by atoms with E-state index in [1.165, 1.54) is 16.5 Å². The fraction of sp³-hybridized carbons (Fsp3) is 0.125. The summed E-state index contributed by atoms with van der Waals surface area (Å²) in [5.74, 6) is -0.263. The molecule has 3 aromatic carbocycles. The Labute approximate surface area is 168 Å². The number of nitrogens with zero attached hydrogens (tertiary/aromatic N) is 2. The van der Waals surface area contributed by atoms with E-state index in [4.69, 9.17) is 0 Å². The second-order valence-corrected chi connectivity index (χ2v) is 7.02. The highest BCUT2D eigenvalue weighted by atomic mass is 16.2. The van der Waals surface area contributed by atoms with Gasteiger partial charge in [-0.15, -0.1) is 0 Å². The van der Waals surface area contributed by atoms with E-state index >= 15 is 0 Å². The number of benzene rings is 3. The summed E-state index contributed by atoms with van der Waals surface area (Å²) in [5.41, 5.74) is 4.32. The first-order valence-corrected chi connectivity index (χ1v) is 9.48. The van der Waals surface area contributed by atoms with Crippen LogP contribution in [0.15, 0.2) is 83.9 Å². The molecule has 0 unspecified atom stereocenters. The predicted octanol–water partition coefficient (Wildman–Crippen LogP) is 3.93. The first-order chi connectivity index (χ1) is 14.1. The molecule has 5 nitrogen and oxygen atoms in total. The van der Waals surface area contributed by atoms with E-state index in [9.17, 15) is 9.59 Å². The lowest BCUT2D eigenvalue weighted by Gasteiger charge is -2.12. The molecule has 4 rings (SSSR count). The molecule has 0 aliphatic carbocycles. The van der Waals surface area contributed by atoms with E-state index in [2.05, 4.69) is 22.4 Å². The number of para-hydroxylation sites is 2. The number of hydrogen-bond acceptors (Lipinski definition) is 3. The van der Waals surface area contributed by atoms with Gasteiger partial charge in [0.05, 0.1) is 17.2 Å². The number of nitrogens with one attached hydrogen (secondary N) is 1. The van der Waals surface area contributed by atoms with Gasteiger partial charge >= 0.3 is 0 Å². The van der Waals surface area contributed by atoms with Crippen molar-refractivity contribution >= 4 is 22.5 Å². The Kier molecular flexibility index (Phi) is 5.20. The molecular formula is C24H21N3O2. The third-order valence-electron chi connectivity index (χ3n) is 4.90. The van der Waals surface area contributed by atoms with Gasteiger partial charge < -0.3 is 5.32 Å². The molecule has 0 spiro atoms. The topological polar surface area (TPSA) is 64.0 Å². The molecule has 29 heavy (non-hydrogen) atoms. The molecule has 1 amide bonds. The Morgan fingerprint density at radius 3 is 2.55 bits per heavy atom. The number of rotatable bonds is 5. The van der Waals surface area contributed by atoms with Crippen molar-refractivity contribution in [3.05, 3.63) is 106 Å². The number of anilines is 1. The molecular weight excluding hydrogens is 362 g/mol. The van der Waals surface area contributed by atoms with E-state index < -0.39 is 0 Å². The molecule has 0 radical (unpaired) electrons. The average molecular weight is 383 g/mol. The Balaban J connectivity index is 1.55. The fourth-order valence-corrected chi connectivity index (χ4v) is 3.41. The highest BCUT2D eigenvalue weighted by Crippen LogP contribution is 2.19. The van der Waals surface area contributed by atoms with Crippen LogP contribution in [0.25, 0.3) is 10.9 Å². The van der Waals surface area contributed by atoms with Gasteiger partial charge in [-0.2, -0.15) is 0 Å². The highest BCUT2D eigenvalue weighted by Gasteiger charge is 2.11. The summed E-state index contributed by atoms with van der Waals surface area (Å²) in [5, 5.41) is 3.46. The van der Waals surface area contributed by atoms with Gasteiger partial charge in [0, 0.05) is 5.69 Å². The molecule has 1 heterocycles. The standard InChI is InChI=1S/C24H21N3O2/c1-17-8-7-12-20-23(17)25-16-27(24(20)29)15-22(28)26-21-13-6-5-11-19(21)14-18-9-3-2-4-10-18/h2-13,16H,14-15H2,1H3,(H,26,28). The molecule has 144 valence electrons. The zero-order chi connectivity index (χ0) is 20.2. The average Bonchev–Trinajstić information content (AvgIpc) is 2.73. The maximum Gasteiger partial charge on any atom is 0.261 e. The van der Waals surface area contributed by atoms with Gasteiger partial charge in [-0.05, 0) is 42.2 Å². The lowest BCUT2D eigenvalue weighted by Crippen LogP contribution is -2.28. The zero-order valence-electron chi connectivity index (χ0n) is 16.1. The normalized spacial score (nSPS) is 10.8. The fourth-order valence-electron chi connectivity index (χ4n) is 3.41. The summed E-state index contributed by atoms with van der Waals surface area (Å²) in [7, 11) is 0. The van der Waals surface area contributed by atoms with Crippen LogP contribution in [0.4, 0.5) is 5.69 Å². The molecule has 1 N–H and O–H groups in total. The summed E-state index contributed by atoms with van der Waals surface area (Å²) in [4.78, 5) is 29.7. The van der Waals surface area contributed by atoms with Crippen LogP contribution in [0.5, 0.6) is 0 Å². The van der Waals surface area contributed by atoms with Crippen molar-refractivity contribution in [2.45, 2.75) is 19.9 Å². The molecule has 0 bridgehead atoms. The van der Waals surface area contributed by atoms with E-state index in [0.29, 0.717) is 17.3 Å². The van der Waals surface area contributed by atoms with Crippen LogP contribution in [0.2, 0.25) is 0 Å². The number of hydrogen-bond donors (Lipinski definition) is 1. The maximum absolute atomic E-state index is 12.7. The number of carbonyl (C=O) groups excluding carboxylic acids is 1. The van der Waals surface area contributed by atoms with Crippen molar-refractivity contribution in [3.8, 4) is 0 Å². The first kappa shape index (κ1) is 18.6. The molecule has 0 fully saturated rings.